The van der Waals surface area contributed by atoms with Crippen LogP contribution < -0.4 is 0 Å². The largest absolute Gasteiger partial charge is 0.299 e. The summed E-state index contributed by atoms with van der Waals surface area (Å²) in [6.45, 7) is 4.57. The van der Waals surface area contributed by atoms with Crippen LogP contribution in [0.5, 0.6) is 0 Å². The maximum absolute atomic E-state index is 11.6. The fraction of sp³-hybridized carbons (Fsp3) is 0.909. The quantitative estimate of drug-likeness (QED) is 0.540. The maximum Gasteiger partial charge on any atom is 0.136 e. The molecule has 2 saturated carbocycles. The van der Waals surface area contributed by atoms with Gasteiger partial charge in [-0.2, -0.15) is 0 Å². The predicted molar refractivity (Wildman–Crippen MR) is 48.8 cm³/mol. The Kier molecular flexibility index (Phi) is 1.97. The molecule has 2 fully saturated rings. The summed E-state index contributed by atoms with van der Waals surface area (Å²) in [5, 5.41) is 0. The van der Waals surface area contributed by atoms with Gasteiger partial charge in [-0.15, -0.1) is 0 Å². The molecule has 2 unspecified atom stereocenters. The number of fused-ring (bicyclic) bond motifs is 1. The third kappa shape index (κ3) is 1.10. The summed E-state index contributed by atoms with van der Waals surface area (Å²) < 4.78 is 0. The minimum Gasteiger partial charge on any atom is -0.299 e. The second-order valence-electron chi connectivity index (χ2n) is 4.73. The minimum atomic E-state index is 0.439. The van der Waals surface area contributed by atoms with Gasteiger partial charge in [-0.05, 0) is 37.0 Å². The summed E-state index contributed by atoms with van der Waals surface area (Å²) in [5.74, 6) is 3.21. The highest BCUT2D eigenvalue weighted by molar-refractivity contribution is 5.82. The van der Waals surface area contributed by atoms with Crippen LogP contribution in [0.1, 0.15) is 39.5 Å². The molecule has 68 valence electrons. The Morgan fingerprint density at radius 2 is 1.83 bits per heavy atom. The van der Waals surface area contributed by atoms with Gasteiger partial charge in [0, 0.05) is 12.3 Å². The molecule has 2 aliphatic carbocycles. The Morgan fingerprint density at radius 3 is 2.50 bits per heavy atom. The van der Waals surface area contributed by atoms with Gasteiger partial charge in [0.15, 0.2) is 0 Å². The van der Waals surface area contributed by atoms with Crippen molar-refractivity contribution in [3.8, 4) is 0 Å². The topological polar surface area (TPSA) is 17.1 Å². The number of hydrogen-bond acceptors (Lipinski definition) is 1. The smallest absolute Gasteiger partial charge is 0.136 e. The van der Waals surface area contributed by atoms with E-state index in [1.807, 2.05) is 0 Å². The summed E-state index contributed by atoms with van der Waals surface area (Å²) in [6, 6.07) is 0. The van der Waals surface area contributed by atoms with Crippen LogP contribution in [0.3, 0.4) is 0 Å². The van der Waals surface area contributed by atoms with Crippen LogP contribution in [0.4, 0.5) is 0 Å². The Bertz CT molecular complexity index is 197. The molecule has 1 heteroatoms. The normalized spacial score (nSPS) is 47.7. The average molecular weight is 166 g/mol. The third-order valence-electron chi connectivity index (χ3n) is 3.98. The molecular formula is C11H18O. The number of rotatable bonds is 0. The molecule has 0 spiro atoms. The lowest BCUT2D eigenvalue weighted by atomic mass is 9.72. The summed E-state index contributed by atoms with van der Waals surface area (Å²) in [6.07, 6.45) is 4.59. The first-order valence-electron chi connectivity index (χ1n) is 5.23. The van der Waals surface area contributed by atoms with Crippen LogP contribution in [0.15, 0.2) is 0 Å². The molecule has 0 aromatic rings. The molecule has 0 amide bonds. The fourth-order valence-electron chi connectivity index (χ4n) is 3.18. The van der Waals surface area contributed by atoms with Crippen molar-refractivity contribution in [1.82, 2.24) is 0 Å². The van der Waals surface area contributed by atoms with Crippen molar-refractivity contribution in [1.29, 1.82) is 0 Å². The SMILES string of the molecule is C[C@@H]1CCC(=O)C2C1CC[C@@H]2C. The predicted octanol–water partition coefficient (Wildman–Crippen LogP) is 2.65. The van der Waals surface area contributed by atoms with Crippen LogP contribution in [0.2, 0.25) is 0 Å². The first-order chi connectivity index (χ1) is 5.70. The summed E-state index contributed by atoms with van der Waals surface area (Å²) >= 11 is 0. The first kappa shape index (κ1) is 8.28. The molecule has 0 aliphatic heterocycles. The van der Waals surface area contributed by atoms with Gasteiger partial charge in [0.25, 0.3) is 0 Å². The zero-order valence-electron chi connectivity index (χ0n) is 8.05. The van der Waals surface area contributed by atoms with Crippen molar-refractivity contribution in [3.05, 3.63) is 0 Å². The van der Waals surface area contributed by atoms with Crippen molar-refractivity contribution < 1.29 is 4.79 Å². The molecule has 0 bridgehead atoms. The highest BCUT2D eigenvalue weighted by Gasteiger charge is 2.43. The van der Waals surface area contributed by atoms with Gasteiger partial charge in [-0.1, -0.05) is 13.8 Å². The Hall–Kier alpha value is -0.330. The Morgan fingerprint density at radius 1 is 1.08 bits per heavy atom. The van der Waals surface area contributed by atoms with Crippen molar-refractivity contribution in [2.45, 2.75) is 39.5 Å². The molecule has 0 heterocycles. The van der Waals surface area contributed by atoms with E-state index in [0.717, 1.165) is 24.7 Å². The average Bonchev–Trinajstić information content (AvgIpc) is 2.42. The fourth-order valence-corrected chi connectivity index (χ4v) is 3.18. The van der Waals surface area contributed by atoms with Crippen LogP contribution in [0, 0.1) is 23.7 Å². The molecule has 1 nitrogen and oxygen atoms in total. The molecule has 2 rings (SSSR count). The van der Waals surface area contributed by atoms with Gasteiger partial charge < -0.3 is 0 Å². The first-order valence-corrected chi connectivity index (χ1v) is 5.23. The standard InChI is InChI=1S/C11H18O/c1-7-4-6-10(12)11-8(2)3-5-9(7)11/h7-9,11H,3-6H2,1-2H3/t7-,8+,9?,11?/m1/s1. The van der Waals surface area contributed by atoms with Crippen molar-refractivity contribution in [3.63, 3.8) is 0 Å². The van der Waals surface area contributed by atoms with E-state index in [1.165, 1.54) is 12.8 Å². The maximum atomic E-state index is 11.6. The Balaban J connectivity index is 2.18. The van der Waals surface area contributed by atoms with E-state index >= 15 is 0 Å². The summed E-state index contributed by atoms with van der Waals surface area (Å²) in [4.78, 5) is 11.6. The second-order valence-corrected chi connectivity index (χ2v) is 4.73. The van der Waals surface area contributed by atoms with E-state index in [0.29, 0.717) is 17.6 Å². The zero-order valence-corrected chi connectivity index (χ0v) is 8.05. The molecule has 0 saturated heterocycles. The minimum absolute atomic E-state index is 0.439. The van der Waals surface area contributed by atoms with Crippen LogP contribution in [-0.4, -0.2) is 5.78 Å². The molecular weight excluding hydrogens is 148 g/mol. The highest BCUT2D eigenvalue weighted by Crippen LogP contribution is 2.46. The van der Waals surface area contributed by atoms with Gasteiger partial charge in [0.05, 0.1) is 0 Å². The van der Waals surface area contributed by atoms with Gasteiger partial charge in [-0.25, -0.2) is 0 Å². The number of ketones is 1. The van der Waals surface area contributed by atoms with Crippen molar-refractivity contribution in [2.75, 3.05) is 0 Å². The van der Waals surface area contributed by atoms with E-state index in [1.54, 1.807) is 0 Å². The number of carbonyl (C=O) groups is 1. The molecule has 12 heavy (non-hydrogen) atoms. The second kappa shape index (κ2) is 2.86. The summed E-state index contributed by atoms with van der Waals surface area (Å²) in [5.41, 5.74) is 0. The lowest BCUT2D eigenvalue weighted by molar-refractivity contribution is -0.128. The van der Waals surface area contributed by atoms with E-state index < -0.39 is 0 Å². The van der Waals surface area contributed by atoms with Crippen LogP contribution in [-0.2, 0) is 4.79 Å². The molecule has 4 atom stereocenters. The summed E-state index contributed by atoms with van der Waals surface area (Å²) in [7, 11) is 0. The van der Waals surface area contributed by atoms with Crippen molar-refractivity contribution >= 4 is 5.78 Å². The van der Waals surface area contributed by atoms with E-state index in [-0.39, 0.29) is 0 Å². The molecule has 0 aromatic heterocycles. The number of hydrogen-bond donors (Lipinski definition) is 0. The van der Waals surface area contributed by atoms with E-state index in [9.17, 15) is 4.79 Å². The highest BCUT2D eigenvalue weighted by atomic mass is 16.1. The third-order valence-corrected chi connectivity index (χ3v) is 3.98. The van der Waals surface area contributed by atoms with Crippen LogP contribution in [0.25, 0.3) is 0 Å². The number of Topliss-reactive ketones (excluding diaryl/α,β-unsaturated/α-hetero) is 1. The lowest BCUT2D eigenvalue weighted by Gasteiger charge is -2.31. The van der Waals surface area contributed by atoms with E-state index in [2.05, 4.69) is 13.8 Å². The number of carbonyl (C=O) groups excluding carboxylic acids is 1. The van der Waals surface area contributed by atoms with Crippen molar-refractivity contribution in [2.24, 2.45) is 23.7 Å². The molecule has 0 radical (unpaired) electrons. The molecule has 0 N–H and O–H groups in total. The van der Waals surface area contributed by atoms with Crippen LogP contribution >= 0.6 is 0 Å². The Labute approximate surface area is 74.5 Å². The monoisotopic (exact) mass is 166 g/mol. The molecule has 0 aromatic carbocycles. The van der Waals surface area contributed by atoms with Gasteiger partial charge in [0.1, 0.15) is 5.78 Å². The zero-order chi connectivity index (χ0) is 8.72. The van der Waals surface area contributed by atoms with E-state index in [4.69, 9.17) is 0 Å². The lowest BCUT2D eigenvalue weighted by Crippen LogP contribution is -2.32. The van der Waals surface area contributed by atoms with Gasteiger partial charge in [-0.3, -0.25) is 4.79 Å². The van der Waals surface area contributed by atoms with Gasteiger partial charge >= 0.3 is 0 Å². The molecule has 2 aliphatic rings. The van der Waals surface area contributed by atoms with Gasteiger partial charge in [0.2, 0.25) is 0 Å².